The van der Waals surface area contributed by atoms with Gasteiger partial charge in [-0.25, -0.2) is 9.78 Å². The molecule has 102 valence electrons. The number of hydrogen-bond donors (Lipinski definition) is 1. The summed E-state index contributed by atoms with van der Waals surface area (Å²) < 4.78 is 10.1. The number of esters is 1. The Bertz CT molecular complexity index is 594. The first-order valence-corrected chi connectivity index (χ1v) is 6.78. The van der Waals surface area contributed by atoms with Gasteiger partial charge in [-0.15, -0.1) is 0 Å². The summed E-state index contributed by atoms with van der Waals surface area (Å²) in [5.74, 6) is 1.15. The molecule has 1 atom stereocenters. The number of nitrogens with zero attached hydrogens (tertiary/aromatic N) is 1. The molecule has 0 spiro atoms. The van der Waals surface area contributed by atoms with E-state index in [9.17, 15) is 4.79 Å². The highest BCUT2D eigenvalue weighted by Crippen LogP contribution is 2.30. The minimum absolute atomic E-state index is 0.0681. The largest absolute Gasteiger partial charge is 0.465 e. The predicted molar refractivity (Wildman–Crippen MR) is 73.9 cm³/mol. The lowest BCUT2D eigenvalue weighted by atomic mass is 10.2. The van der Waals surface area contributed by atoms with Crippen LogP contribution in [0.2, 0.25) is 5.15 Å². The van der Waals surface area contributed by atoms with Crippen LogP contribution in [0.5, 0.6) is 0 Å². The second-order valence-electron chi connectivity index (χ2n) is 3.94. The molecule has 0 saturated heterocycles. The van der Waals surface area contributed by atoms with Gasteiger partial charge in [0.05, 0.1) is 13.2 Å². The molecule has 0 amide bonds. The van der Waals surface area contributed by atoms with Gasteiger partial charge in [0.2, 0.25) is 0 Å². The Morgan fingerprint density at radius 3 is 2.89 bits per heavy atom. The monoisotopic (exact) mass is 300 g/mol. The fourth-order valence-corrected chi connectivity index (χ4v) is 2.71. The molecule has 0 aromatic carbocycles. The van der Waals surface area contributed by atoms with E-state index in [1.807, 2.05) is 26.0 Å². The number of hydrogen-bond acceptors (Lipinski definition) is 6. The van der Waals surface area contributed by atoms with E-state index in [0.29, 0.717) is 5.13 Å². The van der Waals surface area contributed by atoms with Crippen molar-refractivity contribution in [3.8, 4) is 0 Å². The average molecular weight is 301 g/mol. The van der Waals surface area contributed by atoms with Crippen molar-refractivity contribution in [3.63, 3.8) is 0 Å². The molecule has 0 fully saturated rings. The SMILES string of the molecule is COC(=O)c1sc(NC(C)c2ccc(C)o2)nc1Cl. The van der Waals surface area contributed by atoms with Crippen molar-refractivity contribution in [2.24, 2.45) is 0 Å². The Labute approximate surface area is 119 Å². The third-order valence-corrected chi connectivity index (χ3v) is 3.84. The van der Waals surface area contributed by atoms with E-state index in [0.717, 1.165) is 22.9 Å². The van der Waals surface area contributed by atoms with E-state index >= 15 is 0 Å². The van der Waals surface area contributed by atoms with Crippen molar-refractivity contribution in [1.29, 1.82) is 0 Å². The average Bonchev–Trinajstić information content (AvgIpc) is 2.95. The zero-order valence-electron chi connectivity index (χ0n) is 10.7. The Hall–Kier alpha value is -1.53. The number of aryl methyl sites for hydroxylation is 1. The first-order valence-electron chi connectivity index (χ1n) is 5.58. The van der Waals surface area contributed by atoms with E-state index in [-0.39, 0.29) is 16.1 Å². The quantitative estimate of drug-likeness (QED) is 0.873. The van der Waals surface area contributed by atoms with Crippen molar-refractivity contribution in [1.82, 2.24) is 4.98 Å². The zero-order valence-corrected chi connectivity index (χ0v) is 12.3. The van der Waals surface area contributed by atoms with Crippen LogP contribution >= 0.6 is 22.9 Å². The van der Waals surface area contributed by atoms with Crippen LogP contribution in [0.1, 0.15) is 34.2 Å². The fourth-order valence-electron chi connectivity index (χ4n) is 1.52. The number of carbonyl (C=O) groups is 1. The molecular weight excluding hydrogens is 288 g/mol. The Balaban J connectivity index is 2.13. The van der Waals surface area contributed by atoms with Crippen LogP contribution in [0.3, 0.4) is 0 Å². The smallest absolute Gasteiger partial charge is 0.351 e. The van der Waals surface area contributed by atoms with Gasteiger partial charge < -0.3 is 14.5 Å². The van der Waals surface area contributed by atoms with Crippen LogP contribution in [-0.4, -0.2) is 18.1 Å². The molecule has 0 aliphatic heterocycles. The summed E-state index contributed by atoms with van der Waals surface area (Å²) in [7, 11) is 1.31. The topological polar surface area (TPSA) is 64.4 Å². The minimum atomic E-state index is -0.489. The van der Waals surface area contributed by atoms with Gasteiger partial charge in [0.25, 0.3) is 0 Å². The number of thiazole rings is 1. The van der Waals surface area contributed by atoms with E-state index in [4.69, 9.17) is 16.0 Å². The molecule has 0 bridgehead atoms. The van der Waals surface area contributed by atoms with Crippen molar-refractivity contribution in [2.75, 3.05) is 12.4 Å². The molecule has 5 nitrogen and oxygen atoms in total. The number of anilines is 1. The van der Waals surface area contributed by atoms with Gasteiger partial charge in [-0.2, -0.15) is 0 Å². The Morgan fingerprint density at radius 2 is 2.32 bits per heavy atom. The Morgan fingerprint density at radius 1 is 1.58 bits per heavy atom. The number of carbonyl (C=O) groups excluding carboxylic acids is 1. The molecule has 0 aliphatic rings. The third-order valence-electron chi connectivity index (χ3n) is 2.48. The van der Waals surface area contributed by atoms with E-state index in [2.05, 4.69) is 15.0 Å². The zero-order chi connectivity index (χ0) is 14.0. The molecule has 2 rings (SSSR count). The number of halogens is 1. The third kappa shape index (κ3) is 3.08. The second-order valence-corrected chi connectivity index (χ2v) is 5.30. The van der Waals surface area contributed by atoms with Crippen molar-refractivity contribution in [2.45, 2.75) is 19.9 Å². The second kappa shape index (κ2) is 5.63. The maximum absolute atomic E-state index is 11.4. The molecule has 7 heteroatoms. The number of furan rings is 1. The van der Waals surface area contributed by atoms with E-state index in [1.165, 1.54) is 7.11 Å². The van der Waals surface area contributed by atoms with Crippen LogP contribution in [0.4, 0.5) is 5.13 Å². The van der Waals surface area contributed by atoms with Crippen LogP contribution in [-0.2, 0) is 4.74 Å². The molecule has 0 radical (unpaired) electrons. The first kappa shape index (κ1) is 13.9. The highest BCUT2D eigenvalue weighted by Gasteiger charge is 2.19. The van der Waals surface area contributed by atoms with Crippen molar-refractivity contribution >= 4 is 34.0 Å². The summed E-state index contributed by atoms with van der Waals surface area (Å²) in [6.07, 6.45) is 0. The van der Waals surface area contributed by atoms with E-state index in [1.54, 1.807) is 0 Å². The normalized spacial score (nSPS) is 12.2. The number of aromatic nitrogens is 1. The minimum Gasteiger partial charge on any atom is -0.465 e. The molecule has 0 aliphatic carbocycles. The molecular formula is C12H13ClN2O3S. The molecule has 0 saturated carbocycles. The lowest BCUT2D eigenvalue weighted by Gasteiger charge is -2.09. The van der Waals surface area contributed by atoms with Crippen LogP contribution in [0.25, 0.3) is 0 Å². The molecule has 1 unspecified atom stereocenters. The molecule has 2 heterocycles. The molecule has 2 aromatic rings. The molecule has 1 N–H and O–H groups in total. The number of rotatable bonds is 4. The summed E-state index contributed by atoms with van der Waals surface area (Å²) in [4.78, 5) is 15.8. The summed E-state index contributed by atoms with van der Waals surface area (Å²) in [6, 6.07) is 3.72. The van der Waals surface area contributed by atoms with Crippen molar-refractivity contribution in [3.05, 3.63) is 33.7 Å². The van der Waals surface area contributed by atoms with Gasteiger partial charge in [0.15, 0.2) is 15.2 Å². The summed E-state index contributed by atoms with van der Waals surface area (Å²) in [5, 5.41) is 3.82. The van der Waals surface area contributed by atoms with Crippen molar-refractivity contribution < 1.29 is 13.9 Å². The number of ether oxygens (including phenoxy) is 1. The predicted octanol–water partition coefficient (Wildman–Crippen LogP) is 3.66. The summed E-state index contributed by atoms with van der Waals surface area (Å²) in [5.41, 5.74) is 0. The molecule has 19 heavy (non-hydrogen) atoms. The van der Waals surface area contributed by atoms with Gasteiger partial charge in [0.1, 0.15) is 11.5 Å². The van der Waals surface area contributed by atoms with Crippen LogP contribution in [0, 0.1) is 6.92 Å². The highest BCUT2D eigenvalue weighted by atomic mass is 35.5. The number of nitrogens with one attached hydrogen (secondary N) is 1. The van der Waals surface area contributed by atoms with Crippen LogP contribution < -0.4 is 5.32 Å². The summed E-state index contributed by atoms with van der Waals surface area (Å²) in [6.45, 7) is 3.82. The lowest BCUT2D eigenvalue weighted by molar-refractivity contribution is 0.0606. The van der Waals surface area contributed by atoms with Gasteiger partial charge in [-0.1, -0.05) is 22.9 Å². The van der Waals surface area contributed by atoms with Gasteiger partial charge >= 0.3 is 5.97 Å². The standard InChI is InChI=1S/C12H13ClN2O3S/c1-6-4-5-8(18-6)7(2)14-12-15-10(13)9(19-12)11(16)17-3/h4-5,7H,1-3H3,(H,14,15). The van der Waals surface area contributed by atoms with Gasteiger partial charge in [-0.05, 0) is 26.0 Å². The summed E-state index contributed by atoms with van der Waals surface area (Å²) >= 11 is 7.04. The highest BCUT2D eigenvalue weighted by molar-refractivity contribution is 7.18. The van der Waals surface area contributed by atoms with Gasteiger partial charge in [-0.3, -0.25) is 0 Å². The lowest BCUT2D eigenvalue weighted by Crippen LogP contribution is -2.04. The first-order chi connectivity index (χ1) is 9.01. The molecule has 2 aromatic heterocycles. The Kier molecular flexibility index (Phi) is 4.11. The van der Waals surface area contributed by atoms with Gasteiger partial charge in [0, 0.05) is 0 Å². The van der Waals surface area contributed by atoms with E-state index < -0.39 is 5.97 Å². The van der Waals surface area contributed by atoms with Crippen LogP contribution in [0.15, 0.2) is 16.5 Å². The fraction of sp³-hybridized carbons (Fsp3) is 0.333. The maximum atomic E-state index is 11.4. The maximum Gasteiger partial charge on any atom is 0.351 e. The number of methoxy groups -OCH3 is 1.